The zero-order valence-corrected chi connectivity index (χ0v) is 17.8. The predicted molar refractivity (Wildman–Crippen MR) is 115 cm³/mol. The number of anilines is 1. The molecule has 0 saturated carbocycles. The number of carbonyl (C=O) groups excluding carboxylic acids is 2. The molecule has 2 aliphatic rings. The average molecular weight is 439 g/mol. The summed E-state index contributed by atoms with van der Waals surface area (Å²) in [6.07, 6.45) is 3.26. The van der Waals surface area contributed by atoms with Gasteiger partial charge in [0.25, 0.3) is 11.8 Å². The van der Waals surface area contributed by atoms with Crippen LogP contribution in [0.25, 0.3) is 5.57 Å². The Bertz CT molecular complexity index is 973. The summed E-state index contributed by atoms with van der Waals surface area (Å²) in [5.74, 6) is -0.460. The Hall–Kier alpha value is -2.40. The number of hydrogen-bond acceptors (Lipinski definition) is 3. The molecule has 2 aromatic rings. The molecule has 2 amide bonds. The van der Waals surface area contributed by atoms with E-state index in [4.69, 9.17) is 0 Å². The van der Waals surface area contributed by atoms with Crippen molar-refractivity contribution in [3.8, 4) is 0 Å². The van der Waals surface area contributed by atoms with Gasteiger partial charge in [0.1, 0.15) is 5.70 Å². The van der Waals surface area contributed by atoms with Gasteiger partial charge in [-0.25, -0.2) is 4.90 Å². The van der Waals surface area contributed by atoms with Crippen LogP contribution in [0.3, 0.4) is 0 Å². The van der Waals surface area contributed by atoms with Crippen LogP contribution in [0.4, 0.5) is 5.69 Å². The molecule has 5 heteroatoms. The lowest BCUT2D eigenvalue weighted by atomic mass is 9.98. The van der Waals surface area contributed by atoms with Crippen LogP contribution in [-0.4, -0.2) is 29.8 Å². The maximum Gasteiger partial charge on any atom is 0.282 e. The number of likely N-dealkylation sites (tertiary alicyclic amines) is 1. The summed E-state index contributed by atoms with van der Waals surface area (Å²) in [7, 11) is 0. The van der Waals surface area contributed by atoms with E-state index < -0.39 is 0 Å². The first-order chi connectivity index (χ1) is 13.5. The quantitative estimate of drug-likeness (QED) is 0.643. The van der Waals surface area contributed by atoms with Crippen LogP contribution in [0.1, 0.15) is 36.0 Å². The molecule has 2 aromatic carbocycles. The largest absolute Gasteiger partial charge is 0.366 e. The number of imide groups is 1. The summed E-state index contributed by atoms with van der Waals surface area (Å²) in [5.41, 5.74) is 4.79. The molecular formula is C23H23BrN2O2. The molecule has 0 aromatic heterocycles. The van der Waals surface area contributed by atoms with Crippen molar-refractivity contribution < 1.29 is 9.59 Å². The average Bonchev–Trinajstić information content (AvgIpc) is 2.96. The van der Waals surface area contributed by atoms with Gasteiger partial charge >= 0.3 is 0 Å². The summed E-state index contributed by atoms with van der Waals surface area (Å²) in [4.78, 5) is 30.3. The number of rotatable bonds is 3. The Balaban J connectivity index is 1.84. The molecule has 4 rings (SSSR count). The Kier molecular flexibility index (Phi) is 5.11. The monoisotopic (exact) mass is 438 g/mol. The highest BCUT2D eigenvalue weighted by Gasteiger charge is 2.42. The number of hydrogen-bond donors (Lipinski definition) is 0. The second-order valence-corrected chi connectivity index (χ2v) is 8.41. The number of piperidine rings is 1. The third-order valence-corrected chi connectivity index (χ3v) is 6.14. The van der Waals surface area contributed by atoms with Gasteiger partial charge in [-0.2, -0.15) is 0 Å². The number of benzene rings is 2. The molecule has 4 nitrogen and oxygen atoms in total. The number of halogens is 1. The fourth-order valence-electron chi connectivity index (χ4n) is 3.91. The number of nitrogens with zero attached hydrogens (tertiary/aromatic N) is 2. The standard InChI is InChI=1S/C23H23BrN2O2/c1-15-6-7-17(14-16(15)2)20-21(25-12-4-3-5-13-25)23(28)26(22(20)27)19-10-8-18(24)9-11-19/h6-11,14H,3-5,12-13H2,1-2H3. The van der Waals surface area contributed by atoms with Gasteiger partial charge in [-0.05, 0) is 74.1 Å². The van der Waals surface area contributed by atoms with Gasteiger partial charge in [0.05, 0.1) is 11.3 Å². The van der Waals surface area contributed by atoms with Crippen LogP contribution in [0, 0.1) is 13.8 Å². The zero-order chi connectivity index (χ0) is 19.8. The number of amides is 2. The highest BCUT2D eigenvalue weighted by atomic mass is 79.9. The first-order valence-corrected chi connectivity index (χ1v) is 10.5. The predicted octanol–water partition coefficient (Wildman–Crippen LogP) is 4.84. The van der Waals surface area contributed by atoms with E-state index in [1.54, 1.807) is 12.1 Å². The molecule has 0 radical (unpaired) electrons. The second kappa shape index (κ2) is 7.55. The van der Waals surface area contributed by atoms with Crippen LogP contribution in [0.15, 0.2) is 52.6 Å². The summed E-state index contributed by atoms with van der Waals surface area (Å²) in [6.45, 7) is 5.72. The molecule has 0 spiro atoms. The van der Waals surface area contributed by atoms with Gasteiger partial charge < -0.3 is 4.90 Å². The van der Waals surface area contributed by atoms with Crippen molar-refractivity contribution in [2.45, 2.75) is 33.1 Å². The van der Waals surface area contributed by atoms with Crippen molar-refractivity contribution in [2.75, 3.05) is 18.0 Å². The molecule has 2 aliphatic heterocycles. The maximum absolute atomic E-state index is 13.5. The molecule has 2 heterocycles. The van der Waals surface area contributed by atoms with Gasteiger partial charge in [-0.1, -0.05) is 34.1 Å². The smallest absolute Gasteiger partial charge is 0.282 e. The molecule has 144 valence electrons. The van der Waals surface area contributed by atoms with Crippen molar-refractivity contribution in [3.63, 3.8) is 0 Å². The molecule has 0 N–H and O–H groups in total. The lowest BCUT2D eigenvalue weighted by Gasteiger charge is -2.29. The molecule has 1 saturated heterocycles. The fourth-order valence-corrected chi connectivity index (χ4v) is 4.18. The summed E-state index contributed by atoms with van der Waals surface area (Å²) in [6, 6.07) is 13.3. The van der Waals surface area contributed by atoms with Gasteiger partial charge in [-0.15, -0.1) is 0 Å². The molecule has 0 bridgehead atoms. The van der Waals surface area contributed by atoms with Crippen molar-refractivity contribution in [1.82, 2.24) is 4.90 Å². The van der Waals surface area contributed by atoms with Crippen LogP contribution in [0.2, 0.25) is 0 Å². The number of carbonyl (C=O) groups is 2. The minimum atomic E-state index is -0.240. The molecular weight excluding hydrogens is 416 g/mol. The van der Waals surface area contributed by atoms with E-state index in [0.29, 0.717) is 17.0 Å². The maximum atomic E-state index is 13.5. The topological polar surface area (TPSA) is 40.6 Å². The van der Waals surface area contributed by atoms with E-state index in [1.165, 1.54) is 16.9 Å². The van der Waals surface area contributed by atoms with Crippen LogP contribution >= 0.6 is 15.9 Å². The molecule has 0 aliphatic carbocycles. The summed E-state index contributed by atoms with van der Waals surface area (Å²) >= 11 is 3.41. The fraction of sp³-hybridized carbons (Fsp3) is 0.304. The van der Waals surface area contributed by atoms with Gasteiger partial charge in [0, 0.05) is 17.6 Å². The van der Waals surface area contributed by atoms with E-state index in [9.17, 15) is 9.59 Å². The molecule has 0 unspecified atom stereocenters. The Morgan fingerprint density at radius 2 is 1.50 bits per heavy atom. The molecule has 28 heavy (non-hydrogen) atoms. The lowest BCUT2D eigenvalue weighted by molar-refractivity contribution is -0.120. The lowest BCUT2D eigenvalue weighted by Crippen LogP contribution is -2.37. The second-order valence-electron chi connectivity index (χ2n) is 7.49. The van der Waals surface area contributed by atoms with Gasteiger partial charge in [0.15, 0.2) is 0 Å². The van der Waals surface area contributed by atoms with Gasteiger partial charge in [-0.3, -0.25) is 9.59 Å². The highest BCUT2D eigenvalue weighted by molar-refractivity contribution is 9.10. The first kappa shape index (κ1) is 18.9. The summed E-state index contributed by atoms with van der Waals surface area (Å²) in [5, 5.41) is 0. The minimum Gasteiger partial charge on any atom is -0.366 e. The van der Waals surface area contributed by atoms with Crippen molar-refractivity contribution >= 4 is 39.0 Å². The van der Waals surface area contributed by atoms with E-state index >= 15 is 0 Å². The Morgan fingerprint density at radius 1 is 0.821 bits per heavy atom. The van der Waals surface area contributed by atoms with Crippen molar-refractivity contribution in [2.24, 2.45) is 0 Å². The van der Waals surface area contributed by atoms with Crippen LogP contribution in [-0.2, 0) is 9.59 Å². The third-order valence-electron chi connectivity index (χ3n) is 5.61. The van der Waals surface area contributed by atoms with E-state index in [1.807, 2.05) is 37.3 Å². The van der Waals surface area contributed by atoms with Crippen LogP contribution < -0.4 is 4.90 Å². The van der Waals surface area contributed by atoms with E-state index in [2.05, 4.69) is 27.8 Å². The van der Waals surface area contributed by atoms with Gasteiger partial charge in [0.2, 0.25) is 0 Å². The Morgan fingerprint density at radius 3 is 2.14 bits per heavy atom. The third kappa shape index (κ3) is 3.28. The first-order valence-electron chi connectivity index (χ1n) is 9.68. The van der Waals surface area contributed by atoms with Crippen molar-refractivity contribution in [1.29, 1.82) is 0 Å². The Labute approximate surface area is 174 Å². The van der Waals surface area contributed by atoms with Crippen LogP contribution in [0.5, 0.6) is 0 Å². The van der Waals surface area contributed by atoms with E-state index in [-0.39, 0.29) is 11.8 Å². The molecule has 0 atom stereocenters. The summed E-state index contributed by atoms with van der Waals surface area (Å²) < 4.78 is 0.911. The highest BCUT2D eigenvalue weighted by Crippen LogP contribution is 2.36. The molecule has 1 fully saturated rings. The normalized spacial score (nSPS) is 17.7. The van der Waals surface area contributed by atoms with E-state index in [0.717, 1.165) is 41.5 Å². The SMILES string of the molecule is Cc1ccc(C2=C(N3CCCCC3)C(=O)N(c3ccc(Br)cc3)C2=O)cc1C. The van der Waals surface area contributed by atoms with Crippen molar-refractivity contribution in [3.05, 3.63) is 69.3 Å². The number of aryl methyl sites for hydroxylation is 2. The zero-order valence-electron chi connectivity index (χ0n) is 16.2. The minimum absolute atomic E-state index is 0.220.